The summed E-state index contributed by atoms with van der Waals surface area (Å²) in [5.74, 6) is -0.974. The zero-order valence-electron chi connectivity index (χ0n) is 17.9. The zero-order chi connectivity index (χ0) is 23.5. The van der Waals surface area contributed by atoms with Gasteiger partial charge in [-0.25, -0.2) is 4.79 Å². The molecule has 9 nitrogen and oxygen atoms in total. The van der Waals surface area contributed by atoms with Crippen LogP contribution in [0.5, 0.6) is 0 Å². The van der Waals surface area contributed by atoms with Gasteiger partial charge in [0.15, 0.2) is 11.9 Å². The molecule has 7 atom stereocenters. The topological polar surface area (TPSA) is 116 Å². The van der Waals surface area contributed by atoms with Crippen LogP contribution in [0.1, 0.15) is 25.9 Å². The summed E-state index contributed by atoms with van der Waals surface area (Å²) < 4.78 is 29.5. The number of amides is 1. The number of halogens is 1. The molecule has 7 unspecified atom stereocenters. The van der Waals surface area contributed by atoms with Gasteiger partial charge in [-0.1, -0.05) is 23.4 Å². The first kappa shape index (κ1) is 24.1. The van der Waals surface area contributed by atoms with Crippen molar-refractivity contribution in [3.8, 4) is 0 Å². The lowest BCUT2D eigenvalue weighted by Crippen LogP contribution is -2.66. The van der Waals surface area contributed by atoms with Crippen LogP contribution < -0.4 is 5.32 Å². The number of carbonyl (C=O) groups excluding carboxylic acids is 1. The van der Waals surface area contributed by atoms with Gasteiger partial charge in [0.2, 0.25) is 12.2 Å². The molecule has 1 aromatic carbocycles. The van der Waals surface area contributed by atoms with Crippen molar-refractivity contribution < 1.29 is 38.1 Å². The quantitative estimate of drug-likeness (QED) is 0.594. The Morgan fingerprint density at radius 3 is 2.64 bits per heavy atom. The van der Waals surface area contributed by atoms with E-state index < -0.39 is 48.2 Å². The predicted octanol–water partition coefficient (Wildman–Crippen LogP) is 3.23. The van der Waals surface area contributed by atoms with Crippen LogP contribution in [0.2, 0.25) is 5.02 Å². The lowest BCUT2D eigenvalue weighted by molar-refractivity contribution is -0.317. The number of ether oxygens (including phenoxy) is 4. The lowest BCUT2D eigenvalue weighted by atomic mass is 9.96. The van der Waals surface area contributed by atoms with E-state index in [9.17, 15) is 14.7 Å². The normalized spacial score (nSPS) is 30.3. The number of fused-ring (bicyclic) bond motifs is 1. The molecule has 0 bridgehead atoms. The molecule has 2 aliphatic heterocycles. The first-order valence-electron chi connectivity index (χ1n) is 10.4. The average Bonchev–Trinajstić information content (AvgIpc) is 3.31. The number of benzene rings is 1. The second-order valence-corrected chi connectivity index (χ2v) is 9.31. The number of hydrogen-bond acceptors (Lipinski definition) is 8. The Bertz CT molecular complexity index is 956. The molecule has 178 valence electrons. The van der Waals surface area contributed by atoms with Crippen LogP contribution in [-0.2, 0) is 28.5 Å². The zero-order valence-corrected chi connectivity index (χ0v) is 19.5. The number of furan rings is 1. The summed E-state index contributed by atoms with van der Waals surface area (Å²) in [6, 6.07) is 9.91. The molecule has 2 aromatic rings. The summed E-state index contributed by atoms with van der Waals surface area (Å²) in [7, 11) is 0. The van der Waals surface area contributed by atoms with E-state index in [1.54, 1.807) is 24.3 Å². The van der Waals surface area contributed by atoms with Gasteiger partial charge < -0.3 is 33.8 Å². The van der Waals surface area contributed by atoms with Crippen molar-refractivity contribution in [2.75, 3.05) is 6.61 Å². The number of carbonyl (C=O) groups is 2. The molecule has 4 rings (SSSR count). The highest BCUT2D eigenvalue weighted by Gasteiger charge is 2.52. The van der Waals surface area contributed by atoms with Crippen LogP contribution in [0, 0.1) is 0 Å². The maximum absolute atomic E-state index is 12.1. The minimum absolute atomic E-state index is 0.168. The number of thioether (sulfide) groups is 1. The maximum Gasteiger partial charge on any atom is 0.332 e. The van der Waals surface area contributed by atoms with E-state index in [1.165, 1.54) is 31.9 Å². The van der Waals surface area contributed by atoms with Gasteiger partial charge in [-0.15, -0.1) is 0 Å². The van der Waals surface area contributed by atoms with Gasteiger partial charge in [-0.2, -0.15) is 0 Å². The van der Waals surface area contributed by atoms with E-state index >= 15 is 0 Å². The third kappa shape index (κ3) is 5.71. The molecule has 2 aliphatic rings. The summed E-state index contributed by atoms with van der Waals surface area (Å²) in [6.45, 7) is 2.98. The number of rotatable bonds is 7. The van der Waals surface area contributed by atoms with Crippen molar-refractivity contribution in [3.63, 3.8) is 0 Å². The van der Waals surface area contributed by atoms with E-state index in [2.05, 4.69) is 5.32 Å². The fourth-order valence-corrected chi connectivity index (χ4v) is 4.99. The largest absolute Gasteiger partial charge is 0.479 e. The number of nitrogens with one attached hydrogen (secondary N) is 1. The third-order valence-corrected chi connectivity index (χ3v) is 6.69. The number of aliphatic carboxylic acids is 1. The van der Waals surface area contributed by atoms with Crippen LogP contribution >= 0.6 is 23.4 Å². The minimum atomic E-state index is -1.14. The smallest absolute Gasteiger partial charge is 0.332 e. The van der Waals surface area contributed by atoms with E-state index in [0.717, 1.165) is 4.90 Å². The van der Waals surface area contributed by atoms with Crippen molar-refractivity contribution >= 4 is 35.2 Å². The Labute approximate surface area is 199 Å². The van der Waals surface area contributed by atoms with E-state index in [0.29, 0.717) is 10.8 Å². The van der Waals surface area contributed by atoms with Crippen molar-refractivity contribution in [1.29, 1.82) is 0 Å². The van der Waals surface area contributed by atoms with Gasteiger partial charge in [0.25, 0.3) is 0 Å². The average molecular weight is 498 g/mol. The molecule has 2 N–H and O–H groups in total. The fraction of sp³-hybridized carbons (Fsp3) is 0.455. The standard InChI is InChI=1S/C22H24ClNO8S/c1-11(20(26)27)30-19-17(24-12(2)25)22(33-14-7-5-13(23)6-8-14)31-16-10-29-21(32-18(16)19)15-4-3-9-28-15/h3-9,11,16-19,21-22H,10H2,1-2H3,(H,24,25)(H,26,27). The predicted molar refractivity (Wildman–Crippen MR) is 118 cm³/mol. The molecule has 1 aromatic heterocycles. The van der Waals surface area contributed by atoms with Crippen molar-refractivity contribution in [2.24, 2.45) is 0 Å². The number of hydrogen-bond donors (Lipinski definition) is 2. The van der Waals surface area contributed by atoms with Gasteiger partial charge >= 0.3 is 5.97 Å². The Balaban J connectivity index is 1.64. The molecular weight excluding hydrogens is 474 g/mol. The van der Waals surface area contributed by atoms with E-state index in [1.807, 2.05) is 12.1 Å². The Morgan fingerprint density at radius 2 is 2.00 bits per heavy atom. The first-order valence-corrected chi connectivity index (χ1v) is 11.6. The molecular formula is C22H24ClNO8S. The number of carboxylic acids is 1. The molecule has 11 heteroatoms. The Kier molecular flexibility index (Phi) is 7.62. The molecule has 0 spiro atoms. The minimum Gasteiger partial charge on any atom is -0.479 e. The summed E-state index contributed by atoms with van der Waals surface area (Å²) in [6.07, 6.45) is -2.55. The summed E-state index contributed by atoms with van der Waals surface area (Å²) in [5, 5.41) is 12.9. The second kappa shape index (κ2) is 10.5. The summed E-state index contributed by atoms with van der Waals surface area (Å²) >= 11 is 7.36. The van der Waals surface area contributed by atoms with Crippen LogP contribution in [0.25, 0.3) is 0 Å². The highest BCUT2D eigenvalue weighted by molar-refractivity contribution is 7.99. The molecule has 0 radical (unpaired) electrons. The van der Waals surface area contributed by atoms with E-state index in [-0.39, 0.29) is 12.5 Å². The SMILES string of the molecule is CC(=O)NC1C(Sc2ccc(Cl)cc2)OC2COC(c3ccco3)OC2C1OC(C)C(=O)O. The van der Waals surface area contributed by atoms with Crippen molar-refractivity contribution in [1.82, 2.24) is 5.32 Å². The van der Waals surface area contributed by atoms with E-state index in [4.69, 9.17) is 35.0 Å². The molecule has 3 heterocycles. The van der Waals surface area contributed by atoms with Gasteiger partial charge in [-0.05, 0) is 43.3 Å². The molecule has 1 amide bonds. The van der Waals surface area contributed by atoms with Crippen LogP contribution in [0.4, 0.5) is 0 Å². The van der Waals surface area contributed by atoms with Crippen molar-refractivity contribution in [2.45, 2.75) is 60.9 Å². The molecule has 0 aliphatic carbocycles. The highest BCUT2D eigenvalue weighted by atomic mass is 35.5. The number of carboxylic acid groups (broad SMARTS) is 1. The molecule has 2 saturated heterocycles. The highest BCUT2D eigenvalue weighted by Crippen LogP contribution is 2.40. The van der Waals surface area contributed by atoms with Crippen LogP contribution in [0.3, 0.4) is 0 Å². The fourth-order valence-electron chi connectivity index (χ4n) is 3.73. The molecule has 2 fully saturated rings. The maximum atomic E-state index is 12.1. The summed E-state index contributed by atoms with van der Waals surface area (Å²) in [4.78, 5) is 24.5. The lowest BCUT2D eigenvalue weighted by Gasteiger charge is -2.49. The second-order valence-electron chi connectivity index (χ2n) is 7.70. The third-order valence-electron chi connectivity index (χ3n) is 5.26. The van der Waals surface area contributed by atoms with Crippen LogP contribution in [0.15, 0.2) is 52.0 Å². The molecule has 0 saturated carbocycles. The van der Waals surface area contributed by atoms with Gasteiger partial charge in [-0.3, -0.25) is 4.79 Å². The Hall–Kier alpha value is -2.08. The summed E-state index contributed by atoms with van der Waals surface area (Å²) in [5.41, 5.74) is -0.602. The Morgan fingerprint density at radius 1 is 1.24 bits per heavy atom. The van der Waals surface area contributed by atoms with Gasteiger partial charge in [0.05, 0.1) is 18.9 Å². The van der Waals surface area contributed by atoms with Gasteiger partial charge in [0.1, 0.15) is 23.7 Å². The van der Waals surface area contributed by atoms with Crippen molar-refractivity contribution in [3.05, 3.63) is 53.4 Å². The monoisotopic (exact) mass is 497 g/mol. The van der Waals surface area contributed by atoms with Gasteiger partial charge in [0, 0.05) is 16.8 Å². The molecule has 33 heavy (non-hydrogen) atoms. The van der Waals surface area contributed by atoms with Crippen LogP contribution in [-0.4, -0.2) is 59.5 Å². The first-order chi connectivity index (χ1) is 15.8.